The number of aromatic nitrogens is 1. The molecule has 5 nitrogen and oxygen atoms in total. The Bertz CT molecular complexity index is 954. The fourth-order valence-corrected chi connectivity index (χ4v) is 4.26. The van der Waals surface area contributed by atoms with Crippen molar-refractivity contribution in [1.82, 2.24) is 4.90 Å². The molecule has 0 radical (unpaired) electrons. The number of carbonyl (C=O) groups excluding carboxylic acids is 1. The Morgan fingerprint density at radius 2 is 1.77 bits per heavy atom. The van der Waals surface area contributed by atoms with Crippen molar-refractivity contribution in [3.8, 4) is 0 Å². The van der Waals surface area contributed by atoms with Crippen molar-refractivity contribution in [3.05, 3.63) is 59.8 Å². The average Bonchev–Trinajstić information content (AvgIpc) is 3.04. The van der Waals surface area contributed by atoms with Gasteiger partial charge in [-0.2, -0.15) is 18.1 Å². The predicted molar refractivity (Wildman–Crippen MR) is 105 cm³/mol. The molecule has 0 saturated heterocycles. The van der Waals surface area contributed by atoms with Gasteiger partial charge < -0.3 is 0 Å². The average molecular weight is 418 g/mol. The van der Waals surface area contributed by atoms with Gasteiger partial charge in [-0.25, -0.2) is 20.1 Å². The Morgan fingerprint density at radius 3 is 2.40 bits per heavy atom. The van der Waals surface area contributed by atoms with Crippen LogP contribution < -0.4 is 15.3 Å². The Hall–Kier alpha value is -2.90. The van der Waals surface area contributed by atoms with Crippen molar-refractivity contribution >= 4 is 17.6 Å². The predicted octanol–water partition coefficient (Wildman–Crippen LogP) is 2.18. The molecule has 1 fully saturated rings. The number of anilines is 1. The molecular weight excluding hydrogens is 393 g/mol. The monoisotopic (exact) mass is 418 g/mol. The fourth-order valence-electron chi connectivity index (χ4n) is 4.26. The molecule has 0 bridgehead atoms. The number of hydrogen-bond acceptors (Lipinski definition) is 2. The molecule has 158 valence electrons. The van der Waals surface area contributed by atoms with Gasteiger partial charge in [0.1, 0.15) is 6.04 Å². The van der Waals surface area contributed by atoms with Gasteiger partial charge in [0.15, 0.2) is 0 Å². The van der Waals surface area contributed by atoms with E-state index in [4.69, 9.17) is 0 Å². The third kappa shape index (κ3) is 3.44. The lowest BCUT2D eigenvalue weighted by Gasteiger charge is -2.27. The van der Waals surface area contributed by atoms with Crippen LogP contribution >= 0.6 is 0 Å². The first-order chi connectivity index (χ1) is 14.3. The molecular formula is C22H25F3N4O+2. The summed E-state index contributed by atoms with van der Waals surface area (Å²) in [6, 6.07) is 11.9. The smallest absolute Gasteiger partial charge is 0.247 e. The normalized spacial score (nSPS) is 22.9. The maximum absolute atomic E-state index is 14.5. The largest absolute Gasteiger partial charge is 0.488 e. The molecule has 8 heteroatoms. The molecule has 0 spiro atoms. The number of benzene rings is 1. The Kier molecular flexibility index (Phi) is 5.26. The Morgan fingerprint density at radius 1 is 1.07 bits per heavy atom. The van der Waals surface area contributed by atoms with Crippen LogP contribution in [0.5, 0.6) is 0 Å². The first kappa shape index (κ1) is 20.4. The lowest BCUT2D eigenvalue weighted by atomic mass is 9.93. The highest BCUT2D eigenvalue weighted by Crippen LogP contribution is 2.35. The summed E-state index contributed by atoms with van der Waals surface area (Å²) < 4.78 is 43.5. The van der Waals surface area contributed by atoms with Crippen molar-refractivity contribution in [1.29, 1.82) is 0 Å². The summed E-state index contributed by atoms with van der Waals surface area (Å²) in [5.41, 5.74) is -1.82. The molecule has 0 unspecified atom stereocenters. The highest BCUT2D eigenvalue weighted by molar-refractivity contribution is 6.11. The quantitative estimate of drug-likeness (QED) is 0.800. The van der Waals surface area contributed by atoms with E-state index in [-0.39, 0.29) is 17.7 Å². The summed E-state index contributed by atoms with van der Waals surface area (Å²) in [6.45, 7) is 1.68. The van der Waals surface area contributed by atoms with Gasteiger partial charge in [-0.15, -0.1) is 0 Å². The van der Waals surface area contributed by atoms with Gasteiger partial charge in [0.2, 0.25) is 0 Å². The van der Waals surface area contributed by atoms with Gasteiger partial charge in [-0.1, -0.05) is 24.6 Å². The Labute approximate surface area is 173 Å². The molecule has 2 aliphatic rings. The fraction of sp³-hybridized carbons (Fsp3) is 0.409. The number of aryl methyl sites for hydroxylation is 1. The number of amides is 1. The van der Waals surface area contributed by atoms with Crippen LogP contribution in [0, 0.1) is 6.92 Å². The van der Waals surface area contributed by atoms with Crippen LogP contribution in [0.2, 0.25) is 0 Å². The van der Waals surface area contributed by atoms with Crippen LogP contribution in [0.1, 0.15) is 43.2 Å². The maximum Gasteiger partial charge on any atom is 0.488 e. The number of aromatic amines is 1. The summed E-state index contributed by atoms with van der Waals surface area (Å²) in [7, 11) is 0. The van der Waals surface area contributed by atoms with Crippen LogP contribution in [0.15, 0.2) is 48.7 Å². The molecule has 2 heterocycles. The summed E-state index contributed by atoms with van der Waals surface area (Å²) in [5.74, 6) is -0.670. The highest BCUT2D eigenvalue weighted by Gasteiger charge is 2.76. The Balaban J connectivity index is 1.85. The highest BCUT2D eigenvalue weighted by atomic mass is 19.4. The zero-order chi connectivity index (χ0) is 21.4. The van der Waals surface area contributed by atoms with Crippen LogP contribution in [-0.4, -0.2) is 34.5 Å². The zero-order valence-electron chi connectivity index (χ0n) is 16.7. The summed E-state index contributed by atoms with van der Waals surface area (Å²) in [5, 5.41) is 2.48. The number of alkyl halides is 3. The van der Waals surface area contributed by atoms with E-state index in [1.165, 1.54) is 11.1 Å². The topological polar surface area (TPSA) is 60.5 Å². The van der Waals surface area contributed by atoms with Crippen molar-refractivity contribution in [3.63, 3.8) is 0 Å². The molecule has 1 aliphatic carbocycles. The van der Waals surface area contributed by atoms with Crippen molar-refractivity contribution in [2.45, 2.75) is 56.9 Å². The minimum atomic E-state index is -4.87. The molecule has 1 aromatic carbocycles. The van der Waals surface area contributed by atoms with Crippen LogP contribution in [-0.2, 0) is 4.79 Å². The molecule has 1 atom stereocenters. The molecule has 2 aromatic rings. The van der Waals surface area contributed by atoms with Gasteiger partial charge in [0.25, 0.3) is 11.7 Å². The molecule has 1 aliphatic heterocycles. The van der Waals surface area contributed by atoms with Crippen molar-refractivity contribution in [2.24, 2.45) is 0 Å². The van der Waals surface area contributed by atoms with E-state index in [0.717, 1.165) is 19.3 Å². The van der Waals surface area contributed by atoms with Crippen LogP contribution in [0.4, 0.5) is 19.0 Å². The van der Waals surface area contributed by atoms with E-state index in [1.807, 2.05) is 0 Å². The third-order valence-electron chi connectivity index (χ3n) is 5.88. The van der Waals surface area contributed by atoms with Gasteiger partial charge in [-0.3, -0.25) is 0 Å². The number of hydrogen-bond donors (Lipinski definition) is 2. The number of nitrogens with one attached hydrogen (secondary N) is 3. The van der Waals surface area contributed by atoms with E-state index >= 15 is 0 Å². The minimum Gasteiger partial charge on any atom is -0.247 e. The summed E-state index contributed by atoms with van der Waals surface area (Å²) in [6.07, 6.45) is 0.863. The molecule has 3 N–H and O–H groups in total. The van der Waals surface area contributed by atoms with Crippen LogP contribution in [0.3, 0.4) is 0 Å². The number of carbonyl (C=O) groups is 1. The molecule has 1 aromatic heterocycles. The van der Waals surface area contributed by atoms with Gasteiger partial charge in [-0.05, 0) is 56.9 Å². The van der Waals surface area contributed by atoms with Crippen molar-refractivity contribution < 1.29 is 27.9 Å². The second-order valence-electron chi connectivity index (χ2n) is 7.91. The summed E-state index contributed by atoms with van der Waals surface area (Å²) in [4.78, 5) is 20.2. The number of pyridine rings is 1. The lowest BCUT2D eigenvalue weighted by Crippen LogP contribution is -2.94. The number of rotatable bonds is 4. The lowest BCUT2D eigenvalue weighted by molar-refractivity contribution is -0.568. The maximum atomic E-state index is 14.5. The molecule has 1 amide bonds. The third-order valence-corrected chi connectivity index (χ3v) is 5.88. The molecule has 1 saturated carbocycles. The second kappa shape index (κ2) is 7.74. The molecule has 30 heavy (non-hydrogen) atoms. The SMILES string of the molecule is Cc1ccc[nH+]c1N[C@@]1(C(F)(F)F)[NH+]=C(c2ccccc2)N(C2CCCCC2)C1=O. The van der Waals surface area contributed by atoms with E-state index in [9.17, 15) is 18.0 Å². The number of nitrogens with zero attached hydrogens (tertiary/aromatic N) is 1. The number of halogens is 3. The summed E-state index contributed by atoms with van der Waals surface area (Å²) >= 11 is 0. The first-order valence-electron chi connectivity index (χ1n) is 10.2. The first-order valence-corrected chi connectivity index (χ1v) is 10.2. The van der Waals surface area contributed by atoms with Gasteiger partial charge in [0.05, 0.1) is 11.8 Å². The minimum absolute atomic E-state index is 0.147. The van der Waals surface area contributed by atoms with Crippen molar-refractivity contribution in [2.75, 3.05) is 5.32 Å². The number of amidine groups is 1. The zero-order valence-corrected chi connectivity index (χ0v) is 16.7. The second-order valence-corrected chi connectivity index (χ2v) is 7.91. The van der Waals surface area contributed by atoms with Gasteiger partial charge >= 0.3 is 17.7 Å². The number of H-pyrrole nitrogens is 1. The van der Waals surface area contributed by atoms with E-state index in [0.29, 0.717) is 24.0 Å². The van der Waals surface area contributed by atoms with Gasteiger partial charge in [0, 0.05) is 5.56 Å². The van der Waals surface area contributed by atoms with E-state index < -0.39 is 17.7 Å². The van der Waals surface area contributed by atoms with Crippen LogP contribution in [0.25, 0.3) is 0 Å². The van der Waals surface area contributed by atoms with E-state index in [2.05, 4.69) is 15.3 Å². The molecule has 4 rings (SSSR count). The standard InChI is InChI=1S/C22H23F3N4O/c1-15-9-8-14-26-18(15)27-21(22(23,24)25)20(30)29(17-12-6-3-7-13-17)19(28-21)16-10-4-2-5-11-16/h2,4-5,8-11,14,17H,3,6-7,12-13H2,1H3,(H,26,27)/p+2/t21-/m1/s1. The van der Waals surface area contributed by atoms with E-state index in [1.54, 1.807) is 49.4 Å².